The number of allylic oxidation sites excluding steroid dienone is 8. The van der Waals surface area contributed by atoms with E-state index in [4.69, 9.17) is 0 Å². The van der Waals surface area contributed by atoms with E-state index in [1.54, 1.807) is 6.08 Å². The molecule has 1 nitrogen and oxygen atoms in total. The maximum absolute atomic E-state index is 3.46. The molecule has 1 unspecified atom stereocenters. The van der Waals surface area contributed by atoms with Gasteiger partial charge in [0.2, 0.25) is 0 Å². The molecule has 0 fully saturated rings. The van der Waals surface area contributed by atoms with Crippen molar-refractivity contribution in [3.63, 3.8) is 0 Å². The average molecular weight is 604 g/mol. The van der Waals surface area contributed by atoms with Crippen molar-refractivity contribution in [1.29, 1.82) is 0 Å². The first-order valence-electron chi connectivity index (χ1n) is 16.8. The van der Waals surface area contributed by atoms with Crippen molar-refractivity contribution >= 4 is 28.7 Å². The summed E-state index contributed by atoms with van der Waals surface area (Å²) in [5, 5.41) is 0. The van der Waals surface area contributed by atoms with E-state index in [0.29, 0.717) is 5.92 Å². The predicted octanol–water partition coefficient (Wildman–Crippen LogP) is 13.4. The summed E-state index contributed by atoms with van der Waals surface area (Å²) in [6.07, 6.45) is 18.9. The summed E-state index contributed by atoms with van der Waals surface area (Å²) in [5.74, 6) is 0.458. The molecule has 0 aromatic heterocycles. The number of fused-ring (bicyclic) bond motifs is 4. The first-order chi connectivity index (χ1) is 22.2. The Morgan fingerprint density at radius 1 is 0.891 bits per heavy atom. The Hall–Kier alpha value is -4.62. The molecule has 0 bridgehead atoms. The summed E-state index contributed by atoms with van der Waals surface area (Å²) >= 11 is 0. The first kappa shape index (κ1) is 32.8. The van der Waals surface area contributed by atoms with Crippen molar-refractivity contribution in [3.05, 3.63) is 161 Å². The molecule has 0 saturated heterocycles. The lowest BCUT2D eigenvalue weighted by Gasteiger charge is -2.32. The lowest BCUT2D eigenvalue weighted by atomic mass is 9.81. The van der Waals surface area contributed by atoms with E-state index in [9.17, 15) is 0 Å². The molecule has 4 aromatic carbocycles. The van der Waals surface area contributed by atoms with Crippen LogP contribution in [-0.2, 0) is 5.41 Å². The zero-order valence-corrected chi connectivity index (χ0v) is 28.8. The van der Waals surface area contributed by atoms with Crippen LogP contribution in [0.1, 0.15) is 93.7 Å². The smallest absolute Gasteiger partial charge is 0.0502 e. The minimum absolute atomic E-state index is 0.0549. The largest absolute Gasteiger partial charge is 0.310 e. The van der Waals surface area contributed by atoms with Gasteiger partial charge in [-0.1, -0.05) is 137 Å². The minimum atomic E-state index is -0.0549. The Labute approximate surface area is 278 Å². The second-order valence-corrected chi connectivity index (χ2v) is 12.9. The number of nitrogens with zero attached hydrogens (tertiary/aromatic N) is 1. The third-order valence-corrected chi connectivity index (χ3v) is 9.27. The van der Waals surface area contributed by atoms with Crippen LogP contribution in [0.2, 0.25) is 0 Å². The molecule has 0 saturated carbocycles. The van der Waals surface area contributed by atoms with Gasteiger partial charge in [0.25, 0.3) is 0 Å². The summed E-state index contributed by atoms with van der Waals surface area (Å²) in [7, 11) is 0. The summed E-state index contributed by atoms with van der Waals surface area (Å²) in [5.41, 5.74) is 15.8. The van der Waals surface area contributed by atoms with E-state index in [-0.39, 0.29) is 5.41 Å². The lowest BCUT2D eigenvalue weighted by Crippen LogP contribution is -2.18. The van der Waals surface area contributed by atoms with Gasteiger partial charge in [-0.3, -0.25) is 0 Å². The van der Waals surface area contributed by atoms with E-state index in [0.717, 1.165) is 12.8 Å². The van der Waals surface area contributed by atoms with Crippen LogP contribution in [0, 0.1) is 6.92 Å². The Balaban J connectivity index is 0.000000775. The highest BCUT2D eigenvalue weighted by Gasteiger charge is 2.36. The quantitative estimate of drug-likeness (QED) is 0.190. The van der Waals surface area contributed by atoms with Gasteiger partial charge in [-0.2, -0.15) is 0 Å². The van der Waals surface area contributed by atoms with Gasteiger partial charge in [0, 0.05) is 16.8 Å². The van der Waals surface area contributed by atoms with E-state index < -0.39 is 0 Å². The van der Waals surface area contributed by atoms with Gasteiger partial charge < -0.3 is 4.90 Å². The van der Waals surface area contributed by atoms with Gasteiger partial charge in [0.05, 0.1) is 5.69 Å². The van der Waals surface area contributed by atoms with Crippen molar-refractivity contribution < 1.29 is 0 Å². The van der Waals surface area contributed by atoms with Crippen LogP contribution in [0.3, 0.4) is 0 Å². The number of aryl methyl sites for hydroxylation is 1. The van der Waals surface area contributed by atoms with Crippen molar-refractivity contribution in [2.75, 3.05) is 4.90 Å². The summed E-state index contributed by atoms with van der Waals surface area (Å²) in [6, 6.07) is 30.0. The fraction of sp³-hybridized carbons (Fsp3) is 0.244. The van der Waals surface area contributed by atoms with Gasteiger partial charge in [0.15, 0.2) is 0 Å². The first-order valence-corrected chi connectivity index (χ1v) is 16.8. The molecule has 1 heteroatoms. The third kappa shape index (κ3) is 6.38. The van der Waals surface area contributed by atoms with Crippen molar-refractivity contribution in [2.45, 2.75) is 72.6 Å². The fourth-order valence-corrected chi connectivity index (χ4v) is 6.99. The molecule has 0 heterocycles. The molecule has 2 aliphatic rings. The van der Waals surface area contributed by atoms with Gasteiger partial charge in [-0.15, -0.1) is 0 Å². The Kier molecular flexibility index (Phi) is 10.1. The summed E-state index contributed by atoms with van der Waals surface area (Å²) < 4.78 is 0. The Bertz CT molecular complexity index is 1820. The van der Waals surface area contributed by atoms with Crippen LogP contribution < -0.4 is 4.90 Å². The topological polar surface area (TPSA) is 3.24 Å². The summed E-state index contributed by atoms with van der Waals surface area (Å²) in [6.45, 7) is 19.0. The summed E-state index contributed by atoms with van der Waals surface area (Å²) in [4.78, 5) is 2.49. The van der Waals surface area contributed by atoms with Crippen LogP contribution in [0.5, 0.6) is 0 Å². The monoisotopic (exact) mass is 603 g/mol. The maximum atomic E-state index is 3.46. The Morgan fingerprint density at radius 2 is 1.59 bits per heavy atom. The molecule has 6 rings (SSSR count). The molecule has 0 radical (unpaired) electrons. The van der Waals surface area contributed by atoms with E-state index in [1.165, 1.54) is 67.1 Å². The molecule has 46 heavy (non-hydrogen) atoms. The zero-order valence-electron chi connectivity index (χ0n) is 28.8. The minimum Gasteiger partial charge on any atom is -0.310 e. The number of rotatable bonds is 7. The van der Waals surface area contributed by atoms with Crippen LogP contribution in [0.25, 0.3) is 22.8 Å². The molecule has 0 amide bonds. The van der Waals surface area contributed by atoms with Gasteiger partial charge in [0.1, 0.15) is 0 Å². The number of hydrogen-bond donors (Lipinski definition) is 0. The predicted molar refractivity (Wildman–Crippen MR) is 204 cm³/mol. The van der Waals surface area contributed by atoms with Crippen molar-refractivity contribution in [3.8, 4) is 11.1 Å². The van der Waals surface area contributed by atoms with Gasteiger partial charge in [-0.05, 0) is 114 Å². The number of anilines is 3. The number of benzene rings is 4. The highest BCUT2D eigenvalue weighted by atomic mass is 15.1. The molecule has 0 aliphatic heterocycles. The zero-order chi connectivity index (χ0) is 32.8. The lowest BCUT2D eigenvalue weighted by molar-refractivity contribution is 0.660. The molecule has 0 spiro atoms. The van der Waals surface area contributed by atoms with E-state index >= 15 is 0 Å². The normalized spacial score (nSPS) is 16.1. The fourth-order valence-electron chi connectivity index (χ4n) is 6.99. The highest BCUT2D eigenvalue weighted by molar-refractivity contribution is 5.88. The van der Waals surface area contributed by atoms with E-state index in [1.807, 2.05) is 19.1 Å². The van der Waals surface area contributed by atoms with Gasteiger partial charge >= 0.3 is 0 Å². The molecule has 234 valence electrons. The van der Waals surface area contributed by atoms with Crippen molar-refractivity contribution in [1.82, 2.24) is 0 Å². The molecule has 4 aromatic rings. The highest BCUT2D eigenvalue weighted by Crippen LogP contribution is 2.51. The second-order valence-electron chi connectivity index (χ2n) is 12.9. The van der Waals surface area contributed by atoms with Crippen LogP contribution in [-0.4, -0.2) is 0 Å². The average Bonchev–Trinajstić information content (AvgIpc) is 3.27. The molecule has 2 aliphatic carbocycles. The SMILES string of the molecule is C/C=C\C(=C/CC)c1ccc(N(c2ccc3c(c2)C(C)(C)c2cc(C)ccc2-3)c2cccc3c2C(C)CC=C3)cc1.C=C/C=C\C. The Morgan fingerprint density at radius 3 is 2.24 bits per heavy atom. The third-order valence-electron chi connectivity index (χ3n) is 9.27. The van der Waals surface area contributed by atoms with Crippen LogP contribution in [0.4, 0.5) is 17.1 Å². The van der Waals surface area contributed by atoms with Crippen molar-refractivity contribution in [2.24, 2.45) is 0 Å². The maximum Gasteiger partial charge on any atom is 0.0502 e. The number of hydrogen-bond acceptors (Lipinski definition) is 1. The standard InChI is InChI=1S/C40H41N.C5H8/c1-7-11-29(12-8-2)30-18-20-32(21-19-30)41(38-16-10-15-31-14-9-13-28(4)39(31)38)33-22-24-35-34-23-17-27(3)25-36(34)40(5,6)37(35)26-33;1-3-5-4-2/h7,9-12,14-26,28H,8,13H2,1-6H3;3-5H,1H2,2H3/b11-7-,29-12+;5-4-. The van der Waals surface area contributed by atoms with Crippen LogP contribution >= 0.6 is 0 Å². The van der Waals surface area contributed by atoms with Gasteiger partial charge in [-0.25, -0.2) is 0 Å². The van der Waals surface area contributed by atoms with E-state index in [2.05, 4.69) is 162 Å². The molecule has 1 atom stereocenters. The molecule has 0 N–H and O–H groups in total. The molecular formula is C45H49N. The second kappa shape index (κ2) is 14.2. The molecular weight excluding hydrogens is 555 g/mol. The van der Waals surface area contributed by atoms with Crippen LogP contribution in [0.15, 0.2) is 128 Å².